The summed E-state index contributed by atoms with van der Waals surface area (Å²) >= 11 is 3.37. The lowest BCUT2D eigenvalue weighted by atomic mass is 10.4. The predicted molar refractivity (Wildman–Crippen MR) is 89.1 cm³/mol. The molecule has 2 heterocycles. The third-order valence-corrected chi connectivity index (χ3v) is 4.77. The molecule has 0 saturated heterocycles. The molecule has 10 heteroatoms. The minimum atomic E-state index is -0.926. The van der Waals surface area contributed by atoms with Gasteiger partial charge in [0.15, 0.2) is 6.61 Å². The van der Waals surface area contributed by atoms with Gasteiger partial charge in [0.2, 0.25) is 5.76 Å². The van der Waals surface area contributed by atoms with Crippen molar-refractivity contribution in [2.75, 3.05) is 18.9 Å². The van der Waals surface area contributed by atoms with Crippen molar-refractivity contribution in [1.29, 1.82) is 0 Å². The van der Waals surface area contributed by atoms with E-state index in [1.807, 2.05) is 11.4 Å². The van der Waals surface area contributed by atoms with Gasteiger partial charge in [-0.05, 0) is 17.5 Å². The summed E-state index contributed by atoms with van der Waals surface area (Å²) in [5.74, 6) is -0.622. The van der Waals surface area contributed by atoms with Gasteiger partial charge in [0.1, 0.15) is 4.92 Å². The average Bonchev–Trinajstić information content (AvgIpc) is 3.23. The molecule has 0 fully saturated rings. The number of thiophene rings is 1. The van der Waals surface area contributed by atoms with Gasteiger partial charge in [0.05, 0.1) is 6.07 Å². The number of carbonyl (C=O) groups is 2. The van der Waals surface area contributed by atoms with E-state index in [1.54, 1.807) is 23.1 Å². The smallest absolute Gasteiger partial charge is 0.433 e. The molecule has 1 amide bonds. The van der Waals surface area contributed by atoms with Crippen LogP contribution in [-0.2, 0) is 15.3 Å². The van der Waals surface area contributed by atoms with Gasteiger partial charge in [-0.3, -0.25) is 14.9 Å². The molecule has 24 heavy (non-hydrogen) atoms. The summed E-state index contributed by atoms with van der Waals surface area (Å²) in [5, 5.41) is 15.1. The van der Waals surface area contributed by atoms with Crippen LogP contribution >= 0.6 is 23.1 Å². The van der Waals surface area contributed by atoms with E-state index >= 15 is 0 Å². The highest BCUT2D eigenvalue weighted by molar-refractivity contribution is 7.98. The van der Waals surface area contributed by atoms with E-state index in [9.17, 15) is 19.7 Å². The fourth-order valence-corrected chi connectivity index (χ4v) is 3.32. The minimum Gasteiger partial charge on any atom is -0.450 e. The number of esters is 1. The summed E-state index contributed by atoms with van der Waals surface area (Å²) in [6.45, 7) is -0.0123. The van der Waals surface area contributed by atoms with Crippen LogP contribution in [0.5, 0.6) is 0 Å². The van der Waals surface area contributed by atoms with E-state index in [0.717, 1.165) is 23.6 Å². The highest BCUT2D eigenvalue weighted by atomic mass is 32.2. The molecule has 0 atom stereocenters. The van der Waals surface area contributed by atoms with Crippen LogP contribution < -0.4 is 5.32 Å². The van der Waals surface area contributed by atoms with E-state index in [1.165, 1.54) is 4.88 Å². The molecule has 0 spiro atoms. The molecule has 2 aromatic heterocycles. The number of furan rings is 1. The number of ether oxygens (including phenoxy) is 1. The Morgan fingerprint density at radius 2 is 2.21 bits per heavy atom. The first-order chi connectivity index (χ1) is 11.6. The summed E-state index contributed by atoms with van der Waals surface area (Å²) < 4.78 is 9.41. The molecule has 8 nitrogen and oxygen atoms in total. The molecule has 0 aliphatic rings. The Bertz CT molecular complexity index is 698. The van der Waals surface area contributed by atoms with Gasteiger partial charge in [-0.15, -0.1) is 11.3 Å². The zero-order valence-electron chi connectivity index (χ0n) is 12.4. The normalized spacial score (nSPS) is 10.3. The largest absolute Gasteiger partial charge is 0.450 e. The van der Waals surface area contributed by atoms with E-state index in [-0.39, 0.29) is 5.76 Å². The van der Waals surface area contributed by atoms with Gasteiger partial charge >= 0.3 is 11.9 Å². The molecule has 0 saturated carbocycles. The number of thioether (sulfide) groups is 1. The van der Waals surface area contributed by atoms with E-state index in [2.05, 4.69) is 15.8 Å². The molecule has 2 aromatic rings. The first kappa shape index (κ1) is 18.0. The molecule has 0 unspecified atom stereocenters. The number of nitrogens with one attached hydrogen (secondary N) is 1. The second kappa shape index (κ2) is 9.08. The van der Waals surface area contributed by atoms with E-state index in [0.29, 0.717) is 6.54 Å². The van der Waals surface area contributed by atoms with Gasteiger partial charge in [0, 0.05) is 22.9 Å². The van der Waals surface area contributed by atoms with Crippen LogP contribution in [0.2, 0.25) is 0 Å². The summed E-state index contributed by atoms with van der Waals surface area (Å²) in [6, 6.07) is 6.21. The third kappa shape index (κ3) is 5.70. The summed E-state index contributed by atoms with van der Waals surface area (Å²) in [6.07, 6.45) is 0. The highest BCUT2D eigenvalue weighted by Gasteiger charge is 2.19. The molecule has 128 valence electrons. The SMILES string of the molecule is O=C(COC(=O)c1ccc([N+](=O)[O-])o1)NCCSCc1cccs1. The van der Waals surface area contributed by atoms with Crippen LogP contribution in [-0.4, -0.2) is 35.7 Å². The van der Waals surface area contributed by atoms with Crippen molar-refractivity contribution in [1.82, 2.24) is 5.32 Å². The second-order valence-corrected chi connectivity index (χ2v) is 6.59. The molecular formula is C14H14N2O6S2. The van der Waals surface area contributed by atoms with E-state index < -0.39 is 29.3 Å². The Labute approximate surface area is 145 Å². The Kier molecular flexibility index (Phi) is 6.82. The van der Waals surface area contributed by atoms with Crippen molar-refractivity contribution < 1.29 is 23.7 Å². The Balaban J connectivity index is 1.60. The zero-order chi connectivity index (χ0) is 17.4. The number of hydrogen-bond donors (Lipinski definition) is 1. The number of nitrogens with zero attached hydrogens (tertiary/aromatic N) is 1. The van der Waals surface area contributed by atoms with Crippen LogP contribution in [0.15, 0.2) is 34.1 Å². The van der Waals surface area contributed by atoms with Gasteiger partial charge in [-0.1, -0.05) is 6.07 Å². The Hall–Kier alpha value is -2.33. The van der Waals surface area contributed by atoms with Crippen molar-refractivity contribution in [3.63, 3.8) is 0 Å². The van der Waals surface area contributed by atoms with Gasteiger partial charge in [-0.25, -0.2) is 4.79 Å². The first-order valence-electron chi connectivity index (χ1n) is 6.84. The van der Waals surface area contributed by atoms with Crippen molar-refractivity contribution in [3.8, 4) is 0 Å². The van der Waals surface area contributed by atoms with Crippen molar-refractivity contribution >= 4 is 40.9 Å². The topological polar surface area (TPSA) is 112 Å². The minimum absolute atomic E-state index is 0.319. The quantitative estimate of drug-likeness (QED) is 0.312. The van der Waals surface area contributed by atoms with Crippen LogP contribution in [0.1, 0.15) is 15.4 Å². The summed E-state index contributed by atoms with van der Waals surface area (Å²) in [5.41, 5.74) is 0. The molecule has 1 N–H and O–H groups in total. The molecule has 0 aliphatic heterocycles. The second-order valence-electron chi connectivity index (χ2n) is 4.45. The average molecular weight is 370 g/mol. The standard InChI is InChI=1S/C14H14N2O6S2/c17-12(15-5-7-23-9-10-2-1-6-24-10)8-21-14(18)11-3-4-13(22-11)16(19)20/h1-4,6H,5,7-9H2,(H,15,17). The van der Waals surface area contributed by atoms with Crippen molar-refractivity contribution in [2.24, 2.45) is 0 Å². The lowest BCUT2D eigenvalue weighted by Gasteiger charge is -2.05. The molecule has 0 bridgehead atoms. The summed E-state index contributed by atoms with van der Waals surface area (Å²) in [4.78, 5) is 34.1. The van der Waals surface area contributed by atoms with E-state index in [4.69, 9.17) is 4.74 Å². The van der Waals surface area contributed by atoms with Gasteiger partial charge in [-0.2, -0.15) is 11.8 Å². The monoisotopic (exact) mass is 370 g/mol. The maximum Gasteiger partial charge on any atom is 0.433 e. The number of nitro groups is 1. The fourth-order valence-electron chi connectivity index (χ4n) is 1.62. The third-order valence-electron chi connectivity index (χ3n) is 2.70. The molecule has 2 rings (SSSR count). The van der Waals surface area contributed by atoms with Crippen LogP contribution in [0, 0.1) is 10.1 Å². The molecule has 0 aliphatic carbocycles. The van der Waals surface area contributed by atoms with Crippen LogP contribution in [0.25, 0.3) is 0 Å². The molecule has 0 radical (unpaired) electrons. The zero-order valence-corrected chi connectivity index (χ0v) is 14.1. The number of rotatable bonds is 9. The first-order valence-corrected chi connectivity index (χ1v) is 8.88. The molecular weight excluding hydrogens is 356 g/mol. The van der Waals surface area contributed by atoms with Gasteiger partial charge < -0.3 is 14.5 Å². The number of amides is 1. The maximum absolute atomic E-state index is 11.6. The number of hydrogen-bond acceptors (Lipinski definition) is 8. The fraction of sp³-hybridized carbons (Fsp3) is 0.286. The Morgan fingerprint density at radius 1 is 1.38 bits per heavy atom. The molecule has 0 aromatic carbocycles. The lowest BCUT2D eigenvalue weighted by molar-refractivity contribution is -0.402. The van der Waals surface area contributed by atoms with Crippen LogP contribution in [0.3, 0.4) is 0 Å². The van der Waals surface area contributed by atoms with Crippen LogP contribution in [0.4, 0.5) is 5.88 Å². The highest BCUT2D eigenvalue weighted by Crippen LogP contribution is 2.17. The van der Waals surface area contributed by atoms with Crippen molar-refractivity contribution in [2.45, 2.75) is 5.75 Å². The summed E-state index contributed by atoms with van der Waals surface area (Å²) in [7, 11) is 0. The lowest BCUT2D eigenvalue weighted by Crippen LogP contribution is -2.30. The number of carbonyl (C=O) groups excluding carboxylic acids is 2. The van der Waals surface area contributed by atoms with Crippen molar-refractivity contribution in [3.05, 3.63) is 50.4 Å². The predicted octanol–water partition coefficient (Wildman–Crippen LogP) is 2.46. The maximum atomic E-state index is 11.6. The Morgan fingerprint density at radius 3 is 2.88 bits per heavy atom. The van der Waals surface area contributed by atoms with Gasteiger partial charge in [0.25, 0.3) is 5.91 Å².